The van der Waals surface area contributed by atoms with E-state index in [1.807, 2.05) is 128 Å². The minimum Gasteiger partial charge on any atom is -0.496 e. The smallest absolute Gasteiger partial charge is 0.349 e. The number of aryl methyl sites for hydroxylation is 19. The fraction of sp³-hybridized carbons (Fsp3) is 0.274. The number of hydrogen-bond donors (Lipinski definition) is 5. The van der Waals surface area contributed by atoms with Crippen LogP contribution in [0.15, 0.2) is 242 Å². The number of anilines is 4. The number of nitrogens with zero attached hydrogens (tertiary/aromatic N) is 16. The largest absolute Gasteiger partial charge is 0.496 e. The highest BCUT2D eigenvalue weighted by Crippen LogP contribution is 2.41. The molecule has 0 radical (unpaired) electrons. The first-order chi connectivity index (χ1) is 68.7. The first-order valence-corrected chi connectivity index (χ1v) is 48.1. The molecule has 8 aliphatic rings. The first-order valence-electron chi connectivity index (χ1n) is 48.1. The molecule has 0 fully saturated rings. The van der Waals surface area contributed by atoms with Crippen LogP contribution in [0.2, 0.25) is 0 Å². The third-order valence-electron chi connectivity index (χ3n) is 26.2. The molecule has 30 heteroatoms. The van der Waals surface area contributed by atoms with Gasteiger partial charge < -0.3 is 43.1 Å². The Morgan fingerprint density at radius 3 is 1.34 bits per heavy atom. The maximum absolute atomic E-state index is 12.5. The van der Waals surface area contributed by atoms with Crippen molar-refractivity contribution in [2.75, 3.05) is 37.5 Å². The van der Waals surface area contributed by atoms with Crippen molar-refractivity contribution in [3.63, 3.8) is 0 Å². The first kappa shape index (κ1) is 99.5. The van der Waals surface area contributed by atoms with Crippen molar-refractivity contribution in [2.24, 2.45) is 9.98 Å². The zero-order valence-corrected chi connectivity index (χ0v) is 83.4. The summed E-state index contributed by atoms with van der Waals surface area (Å²) in [5.41, 5.74) is 26.0. The van der Waals surface area contributed by atoms with E-state index in [1.54, 1.807) is 7.11 Å². The van der Waals surface area contributed by atoms with Crippen LogP contribution in [0.4, 0.5) is 34.4 Å². The number of aromatic nitrogens is 16. The second-order valence-corrected chi connectivity index (χ2v) is 37.3. The lowest BCUT2D eigenvalue weighted by Crippen LogP contribution is -2.45. The quantitative estimate of drug-likeness (QED) is 0.0371. The van der Waals surface area contributed by atoms with Crippen molar-refractivity contribution in [1.82, 2.24) is 83.4 Å². The molecule has 8 aliphatic heterocycles. The summed E-state index contributed by atoms with van der Waals surface area (Å²) in [7, 11) is 5.75. The molecule has 30 nitrogen and oxygen atoms in total. The Morgan fingerprint density at radius 1 is 0.371 bits per heavy atom. The van der Waals surface area contributed by atoms with Gasteiger partial charge in [0.1, 0.15) is 16.7 Å². The Balaban J connectivity index is 0.000000128. The van der Waals surface area contributed by atoms with Gasteiger partial charge >= 0.3 is 17.1 Å². The number of nitrogens with one attached hydrogen (secondary N) is 5. The Bertz CT molecular complexity index is 8520. The molecule has 0 saturated heterocycles. The number of ether oxygens (including phenoxy) is 1. The van der Waals surface area contributed by atoms with Gasteiger partial charge in [0.2, 0.25) is 0 Å². The van der Waals surface area contributed by atoms with Crippen LogP contribution in [0, 0.1) is 76.2 Å². The maximum Gasteiger partial charge on any atom is 0.349 e. The van der Waals surface area contributed by atoms with Crippen molar-refractivity contribution >= 4 is 80.6 Å². The average Bonchev–Trinajstić information content (AvgIpc) is 0.762. The Labute approximate surface area is 825 Å². The molecule has 12 aromatic rings. The standard InChI is InChI=1S/C24H27N5O2.C23H24N4O2.C23H24N4O.C22H22N4O2.C21H20N4O2/c1-15-7-9-17(10-8-15)6-5-11-29-20-13-18(14-28(3)4)16(2)12-19(20)25-21-22(29)26-24(31)27-23(21)30;1-14-12-18-19(13-15(14)2)27(22-21(26-18)23(28)25-16(3)24-22)11-7-9-17-8-5-6-10-20(17)29-4;1-14-12-19-20(13-15(14)2)27(16(3)10-11-18-8-6-5-7-9-18)22-21(26-19)23(28)25-17(4)24-22;1-13-6-9-16(10-7-13)5-4-12-26-19-15(3)14(2)8-11-17(19)23-18-20(26)24-22(28)25-21(18)27;1-13-5-8-15(9-6-13)4-3-11-25-17-10-7-14(2)12-16(17)22-18-19(25)23-21(27)24-20(18)26/h7-10,12-13H,5-6,11,14H2,1-4H3,(H,27,30,31);5-6,8,10,12-13H,3,7,9,11H2,1-2,4H3,(H,25,28);5-9,12-13,16H,4,10-11H2,1-3H3,(H,25,28);6-11H,4-5,12H2,1-3H3,(H,25,27,28);5-10,12H,3-4,11H2,1-2H3,(H,24,26,27). The van der Waals surface area contributed by atoms with Crippen LogP contribution in [0.25, 0.3) is 80.8 Å². The molecule has 0 aliphatic carbocycles. The molecule has 1 atom stereocenters. The molecule has 2 aromatic heterocycles. The third kappa shape index (κ3) is 22.8. The fourth-order valence-electron chi connectivity index (χ4n) is 18.2. The second kappa shape index (κ2) is 43.5. The van der Waals surface area contributed by atoms with Gasteiger partial charge in [-0.15, -0.1) is 0 Å². The highest BCUT2D eigenvalue weighted by atomic mass is 16.5. The van der Waals surface area contributed by atoms with Crippen molar-refractivity contribution in [2.45, 2.75) is 180 Å². The summed E-state index contributed by atoms with van der Waals surface area (Å²) in [5.74, 6) is 3.07. The number of aromatic amines is 5. The van der Waals surface area contributed by atoms with Gasteiger partial charge in [0.05, 0.1) is 63.0 Å². The van der Waals surface area contributed by atoms with Crippen LogP contribution in [0.5, 0.6) is 5.75 Å². The predicted octanol–water partition coefficient (Wildman–Crippen LogP) is 14.9. The van der Waals surface area contributed by atoms with Crippen LogP contribution in [-0.4, -0.2) is 117 Å². The lowest BCUT2D eigenvalue weighted by Gasteiger charge is -2.34. The highest BCUT2D eigenvalue weighted by molar-refractivity contribution is 5.85. The molecule has 143 heavy (non-hydrogen) atoms. The molecule has 20 rings (SSSR count). The van der Waals surface area contributed by atoms with E-state index in [1.165, 1.54) is 55.6 Å². The van der Waals surface area contributed by atoms with Crippen LogP contribution < -0.4 is 81.1 Å². The van der Waals surface area contributed by atoms with Crippen molar-refractivity contribution < 1.29 is 4.74 Å². The third-order valence-corrected chi connectivity index (χ3v) is 26.2. The summed E-state index contributed by atoms with van der Waals surface area (Å²) in [6.07, 6.45) is 8.86. The molecule has 0 spiro atoms. The average molecular weight is 1910 g/mol. The van der Waals surface area contributed by atoms with Crippen LogP contribution in [0.1, 0.15) is 134 Å². The summed E-state index contributed by atoms with van der Waals surface area (Å²) in [4.78, 5) is 160. The van der Waals surface area contributed by atoms with Gasteiger partial charge in [-0.25, -0.2) is 49.3 Å². The molecule has 10 heterocycles. The van der Waals surface area contributed by atoms with Crippen molar-refractivity contribution in [1.29, 1.82) is 0 Å². The summed E-state index contributed by atoms with van der Waals surface area (Å²) in [6.45, 7) is 35.8. The van der Waals surface area contributed by atoms with E-state index < -0.39 is 33.7 Å². The minimum absolute atomic E-state index is 0.143. The lowest BCUT2D eigenvalue weighted by molar-refractivity contribution is 0.401. The Hall–Kier alpha value is -16.5. The van der Waals surface area contributed by atoms with E-state index >= 15 is 0 Å². The molecule has 0 amide bonds. The summed E-state index contributed by atoms with van der Waals surface area (Å²) in [6, 6.07) is 66.3. The number of methoxy groups -OCH3 is 1. The van der Waals surface area contributed by atoms with E-state index in [2.05, 4.69) is 279 Å². The molecule has 0 saturated carbocycles. The monoisotopic (exact) mass is 1910 g/mol. The predicted molar refractivity (Wildman–Crippen MR) is 566 cm³/mol. The normalized spacial score (nSPS) is 12.0. The number of H-pyrrole nitrogens is 5. The zero-order chi connectivity index (χ0) is 101. The molecule has 0 bridgehead atoms. The summed E-state index contributed by atoms with van der Waals surface area (Å²) in [5, 5.41) is 0.695. The van der Waals surface area contributed by atoms with Gasteiger partial charge in [-0.1, -0.05) is 163 Å². The minimum atomic E-state index is -0.647. The molecule has 10 aromatic carbocycles. The maximum atomic E-state index is 12.5. The molecule has 1 unspecified atom stereocenters. The number of fused-ring (bicyclic) bond motifs is 10. The zero-order valence-electron chi connectivity index (χ0n) is 83.4. The van der Waals surface area contributed by atoms with Gasteiger partial charge in [0, 0.05) is 38.8 Å². The van der Waals surface area contributed by atoms with E-state index in [-0.39, 0.29) is 34.2 Å². The number of benzene rings is 10. The van der Waals surface area contributed by atoms with Crippen LogP contribution >= 0.6 is 0 Å². The van der Waals surface area contributed by atoms with E-state index in [4.69, 9.17) is 4.74 Å². The van der Waals surface area contributed by atoms with Gasteiger partial charge in [0.15, 0.2) is 56.9 Å². The van der Waals surface area contributed by atoms with Gasteiger partial charge in [-0.3, -0.25) is 38.9 Å². The van der Waals surface area contributed by atoms with Crippen LogP contribution in [-0.2, 0) is 58.3 Å². The number of hydrogen-bond acceptors (Lipinski definition) is 22. The highest BCUT2D eigenvalue weighted by Gasteiger charge is 2.30. The van der Waals surface area contributed by atoms with Gasteiger partial charge in [0.25, 0.3) is 27.8 Å². The Kier molecular flexibility index (Phi) is 30.3. The van der Waals surface area contributed by atoms with Crippen LogP contribution in [0.3, 0.4) is 0 Å². The fourth-order valence-corrected chi connectivity index (χ4v) is 18.2. The SMILES string of the molecule is C=c1nc2c(c(=O)[nH]1)=Nc1cc(C)c(C)cc1N2C(C)CCc1ccccc1.C=c1nc2c(c(=O)[nH]1)=Nc1cc(C)c(C)cc1N2CCCc1ccccc1OC.Cc1ccc(CCCn2c3nc(=O)[nH]c(=O)c-3nc3cc(C)c(CN(C)C)cc32)cc1.Cc1ccc(CCCn2c3nc(=O)[nH]c(=O)c-3nc3cc(C)ccc32)cc1.Cc1ccc(CCCn2c3nc(=O)[nH]c(=O)c-3nc3ccc(C)c(C)c32)cc1. The molecular formula is C113H117N21O9. The van der Waals surface area contributed by atoms with Gasteiger partial charge in [-0.2, -0.15) is 15.0 Å². The van der Waals surface area contributed by atoms with Crippen molar-refractivity contribution in [3.05, 3.63) is 394 Å². The van der Waals surface area contributed by atoms with E-state index in [0.29, 0.717) is 77.0 Å². The molecule has 5 N–H and O–H groups in total. The summed E-state index contributed by atoms with van der Waals surface area (Å²) < 4.78 is 11.3. The number of rotatable bonds is 23. The summed E-state index contributed by atoms with van der Waals surface area (Å²) >= 11 is 0. The van der Waals surface area contributed by atoms with Crippen molar-refractivity contribution in [3.8, 4) is 40.3 Å². The molecular weight excluding hydrogens is 1800 g/mol. The van der Waals surface area contributed by atoms with Gasteiger partial charge in [-0.05, 0) is 300 Å². The Morgan fingerprint density at radius 2 is 0.811 bits per heavy atom. The number of para-hydroxylation sites is 1. The van der Waals surface area contributed by atoms with E-state index in [0.717, 1.165) is 171 Å². The second-order valence-electron chi connectivity index (χ2n) is 37.3. The lowest BCUT2D eigenvalue weighted by atomic mass is 10.0. The molecule has 728 valence electrons. The topological polar surface area (TPSA) is 377 Å². The van der Waals surface area contributed by atoms with E-state index in [9.17, 15) is 38.4 Å².